The number of nitrogens with zero attached hydrogens (tertiary/aromatic N) is 1. The molecule has 0 aromatic carbocycles. The van der Waals surface area contributed by atoms with Crippen molar-refractivity contribution in [2.24, 2.45) is 10.7 Å². The van der Waals surface area contributed by atoms with E-state index in [2.05, 4.69) is 11.9 Å². The van der Waals surface area contributed by atoms with Gasteiger partial charge in [0.25, 0.3) is 0 Å². The second-order valence-corrected chi connectivity index (χ2v) is 3.84. The first-order valence-electron chi connectivity index (χ1n) is 5.02. The van der Waals surface area contributed by atoms with Crippen LogP contribution in [0.4, 0.5) is 0 Å². The van der Waals surface area contributed by atoms with E-state index >= 15 is 0 Å². The van der Waals surface area contributed by atoms with Crippen molar-refractivity contribution < 1.29 is 4.74 Å². The van der Waals surface area contributed by atoms with Crippen LogP contribution in [0.25, 0.3) is 0 Å². The van der Waals surface area contributed by atoms with Gasteiger partial charge in [0.05, 0.1) is 12.6 Å². The van der Waals surface area contributed by atoms with E-state index in [-0.39, 0.29) is 0 Å². The molecule has 1 saturated carbocycles. The summed E-state index contributed by atoms with van der Waals surface area (Å²) < 4.78 is 5.03. The first-order chi connectivity index (χ1) is 6.22. The van der Waals surface area contributed by atoms with Crippen molar-refractivity contribution >= 4 is 5.71 Å². The van der Waals surface area contributed by atoms with Crippen molar-refractivity contribution in [3.8, 4) is 0 Å². The lowest BCUT2D eigenvalue weighted by molar-refractivity contribution is 0.185. The maximum absolute atomic E-state index is 5.81. The smallest absolute Gasteiger partial charge is 0.0704 e. The Morgan fingerprint density at radius 2 is 2.15 bits per heavy atom. The van der Waals surface area contributed by atoms with Gasteiger partial charge in [-0.15, -0.1) is 0 Å². The molecule has 0 aromatic rings. The molecular weight excluding hydrogens is 164 g/mol. The minimum absolute atomic E-state index is 0.300. The number of methoxy groups -OCH3 is 1. The summed E-state index contributed by atoms with van der Waals surface area (Å²) in [5.74, 6) is 0. The highest BCUT2D eigenvalue weighted by Gasteiger charge is 2.14. The molecule has 2 N–H and O–H groups in total. The molecule has 0 aromatic heterocycles. The van der Waals surface area contributed by atoms with Crippen LogP contribution in [0.3, 0.4) is 0 Å². The summed E-state index contributed by atoms with van der Waals surface area (Å²) in [6.45, 7) is 2.81. The van der Waals surface area contributed by atoms with Crippen LogP contribution in [0.2, 0.25) is 0 Å². The van der Waals surface area contributed by atoms with Crippen LogP contribution in [0.15, 0.2) is 4.99 Å². The second kappa shape index (κ2) is 5.35. The number of hydrogen-bond acceptors (Lipinski definition) is 3. The number of aliphatic imine (C=N–C) groups is 1. The lowest BCUT2D eigenvalue weighted by atomic mass is 9.94. The summed E-state index contributed by atoms with van der Waals surface area (Å²) in [5, 5.41) is 0. The van der Waals surface area contributed by atoms with Gasteiger partial charge >= 0.3 is 0 Å². The molecule has 1 aliphatic rings. The van der Waals surface area contributed by atoms with E-state index in [4.69, 9.17) is 10.5 Å². The Morgan fingerprint density at radius 1 is 1.54 bits per heavy atom. The summed E-state index contributed by atoms with van der Waals surface area (Å²) in [7, 11) is 1.72. The third kappa shape index (κ3) is 3.87. The molecule has 0 amide bonds. The van der Waals surface area contributed by atoms with Crippen LogP contribution >= 0.6 is 0 Å². The summed E-state index contributed by atoms with van der Waals surface area (Å²) >= 11 is 0. The van der Waals surface area contributed by atoms with Gasteiger partial charge in [-0.1, -0.05) is 0 Å². The monoisotopic (exact) mass is 184 g/mol. The number of ether oxygens (including phenoxy) is 1. The van der Waals surface area contributed by atoms with E-state index in [1.54, 1.807) is 7.11 Å². The molecule has 76 valence electrons. The van der Waals surface area contributed by atoms with Crippen LogP contribution < -0.4 is 5.73 Å². The number of hydrogen-bond donors (Lipinski definition) is 1. The van der Waals surface area contributed by atoms with Crippen molar-refractivity contribution in [1.82, 2.24) is 0 Å². The molecule has 0 spiro atoms. The lowest BCUT2D eigenvalue weighted by Crippen LogP contribution is -2.27. The zero-order chi connectivity index (χ0) is 9.68. The van der Waals surface area contributed by atoms with Crippen molar-refractivity contribution in [2.45, 2.75) is 44.7 Å². The van der Waals surface area contributed by atoms with E-state index in [0.717, 1.165) is 32.3 Å². The molecule has 1 rings (SSSR count). The Balaban J connectivity index is 2.34. The fourth-order valence-electron chi connectivity index (χ4n) is 1.69. The van der Waals surface area contributed by atoms with Gasteiger partial charge in [-0.2, -0.15) is 0 Å². The Labute approximate surface area is 80.4 Å². The van der Waals surface area contributed by atoms with E-state index < -0.39 is 0 Å². The summed E-state index contributed by atoms with van der Waals surface area (Å²) in [6.07, 6.45) is 4.35. The van der Waals surface area contributed by atoms with Gasteiger partial charge in [0.1, 0.15) is 0 Å². The third-order valence-electron chi connectivity index (χ3n) is 2.42. The minimum Gasteiger partial charge on any atom is -0.382 e. The first kappa shape index (κ1) is 10.7. The van der Waals surface area contributed by atoms with Gasteiger partial charge in [-0.05, 0) is 32.6 Å². The molecule has 0 bridgehead atoms. The number of rotatable bonds is 3. The van der Waals surface area contributed by atoms with Gasteiger partial charge in [0.15, 0.2) is 0 Å². The summed E-state index contributed by atoms with van der Waals surface area (Å²) in [5.41, 5.74) is 7.13. The van der Waals surface area contributed by atoms with Gasteiger partial charge < -0.3 is 10.5 Å². The maximum Gasteiger partial charge on any atom is 0.0704 e. The van der Waals surface area contributed by atoms with E-state index in [9.17, 15) is 0 Å². The van der Waals surface area contributed by atoms with Crippen molar-refractivity contribution in [3.05, 3.63) is 0 Å². The lowest BCUT2D eigenvalue weighted by Gasteiger charge is -2.20. The van der Waals surface area contributed by atoms with Crippen molar-refractivity contribution in [2.75, 3.05) is 13.7 Å². The normalized spacial score (nSPS) is 25.8. The molecule has 0 saturated heterocycles. The van der Waals surface area contributed by atoms with E-state index in [1.807, 2.05) is 0 Å². The zero-order valence-electron chi connectivity index (χ0n) is 8.62. The van der Waals surface area contributed by atoms with Gasteiger partial charge in [0, 0.05) is 18.9 Å². The Kier molecular flexibility index (Phi) is 4.39. The molecule has 1 aliphatic carbocycles. The molecule has 13 heavy (non-hydrogen) atoms. The molecule has 0 unspecified atom stereocenters. The van der Waals surface area contributed by atoms with Crippen LogP contribution in [-0.2, 0) is 4.74 Å². The number of nitrogens with two attached hydrogens (primary N) is 1. The Bertz CT molecular complexity index is 170. The highest BCUT2D eigenvalue weighted by Crippen LogP contribution is 2.15. The second-order valence-electron chi connectivity index (χ2n) is 3.84. The summed E-state index contributed by atoms with van der Waals surface area (Å²) in [6, 6.07) is 0.700. The van der Waals surface area contributed by atoms with E-state index in [1.165, 1.54) is 5.71 Å². The highest BCUT2D eigenvalue weighted by atomic mass is 16.5. The Hall–Kier alpha value is -0.410. The fourth-order valence-corrected chi connectivity index (χ4v) is 1.69. The Morgan fingerprint density at radius 3 is 2.69 bits per heavy atom. The summed E-state index contributed by atoms with van der Waals surface area (Å²) in [4.78, 5) is 4.60. The van der Waals surface area contributed by atoms with Crippen LogP contribution in [0.5, 0.6) is 0 Å². The molecule has 3 nitrogen and oxygen atoms in total. The average Bonchev–Trinajstić information content (AvgIpc) is 2.09. The molecule has 1 fully saturated rings. The largest absolute Gasteiger partial charge is 0.382 e. The van der Waals surface area contributed by atoms with Gasteiger partial charge in [-0.25, -0.2) is 0 Å². The third-order valence-corrected chi connectivity index (χ3v) is 2.42. The minimum atomic E-state index is 0.300. The van der Waals surface area contributed by atoms with E-state index in [0.29, 0.717) is 12.1 Å². The van der Waals surface area contributed by atoms with Gasteiger partial charge in [0.2, 0.25) is 0 Å². The molecule has 1 atom stereocenters. The van der Waals surface area contributed by atoms with Crippen molar-refractivity contribution in [1.29, 1.82) is 0 Å². The van der Waals surface area contributed by atoms with Crippen LogP contribution in [0.1, 0.15) is 32.6 Å². The SMILES string of the molecule is COC[C@@H](C)N=C1CCC(N)CC1. The van der Waals surface area contributed by atoms with Crippen molar-refractivity contribution in [3.63, 3.8) is 0 Å². The fraction of sp³-hybridized carbons (Fsp3) is 0.900. The van der Waals surface area contributed by atoms with Crippen LogP contribution in [0, 0.1) is 0 Å². The molecule has 0 radical (unpaired) electrons. The standard InChI is InChI=1S/C10H20N2O/c1-8(7-13-2)12-10-5-3-9(11)4-6-10/h8-9H,3-7,11H2,1-2H3/t8-,9?/m1/s1. The predicted molar refractivity (Wildman–Crippen MR) is 55.2 cm³/mol. The van der Waals surface area contributed by atoms with Crippen LogP contribution in [-0.4, -0.2) is 31.5 Å². The molecule has 0 heterocycles. The zero-order valence-corrected chi connectivity index (χ0v) is 8.62. The molecule has 3 heteroatoms. The predicted octanol–water partition coefficient (Wildman–Crippen LogP) is 1.36. The maximum atomic E-state index is 5.81. The average molecular weight is 184 g/mol. The topological polar surface area (TPSA) is 47.6 Å². The quantitative estimate of drug-likeness (QED) is 0.720. The first-order valence-corrected chi connectivity index (χ1v) is 5.02. The van der Waals surface area contributed by atoms with Gasteiger partial charge in [-0.3, -0.25) is 4.99 Å². The molecule has 0 aliphatic heterocycles. The molecular formula is C10H20N2O. The highest BCUT2D eigenvalue weighted by molar-refractivity contribution is 5.85.